The van der Waals surface area contributed by atoms with Gasteiger partial charge in [0.1, 0.15) is 16.5 Å². The maximum atomic E-state index is 13.8. The van der Waals surface area contributed by atoms with Crippen molar-refractivity contribution < 1.29 is 17.3 Å². The second-order valence-electron chi connectivity index (χ2n) is 4.61. The zero-order chi connectivity index (χ0) is 15.8. The molecule has 0 atom stereocenters. The van der Waals surface area contributed by atoms with E-state index in [0.29, 0.717) is 17.0 Å². The molecule has 21 heavy (non-hydrogen) atoms. The van der Waals surface area contributed by atoms with Gasteiger partial charge >= 0.3 is 0 Å². The Morgan fingerprint density at radius 3 is 2.57 bits per heavy atom. The van der Waals surface area contributed by atoms with Crippen molar-refractivity contribution in [2.24, 2.45) is 0 Å². The van der Waals surface area contributed by atoms with E-state index in [9.17, 15) is 12.8 Å². The Morgan fingerprint density at radius 1 is 1.38 bits per heavy atom. The minimum Gasteiger partial charge on any atom is -0.361 e. The molecular formula is C13H14ClFN2O3S. The Balaban J connectivity index is 2.40. The Morgan fingerprint density at radius 2 is 2.05 bits per heavy atom. The maximum Gasteiger partial charge on any atom is 0.247 e. The predicted molar refractivity (Wildman–Crippen MR) is 76.0 cm³/mol. The van der Waals surface area contributed by atoms with E-state index in [0.717, 1.165) is 10.4 Å². The Hall–Kier alpha value is -1.44. The summed E-state index contributed by atoms with van der Waals surface area (Å²) in [6.07, 6.45) is 0. The summed E-state index contributed by atoms with van der Waals surface area (Å²) in [6.45, 7) is 3.42. The lowest BCUT2D eigenvalue weighted by atomic mass is 10.2. The maximum absolute atomic E-state index is 13.8. The van der Waals surface area contributed by atoms with Crippen molar-refractivity contribution in [2.75, 3.05) is 7.05 Å². The zero-order valence-electron chi connectivity index (χ0n) is 11.7. The van der Waals surface area contributed by atoms with Crippen LogP contribution in [-0.2, 0) is 16.6 Å². The van der Waals surface area contributed by atoms with E-state index < -0.39 is 20.7 Å². The molecule has 0 unspecified atom stereocenters. The van der Waals surface area contributed by atoms with Crippen molar-refractivity contribution in [1.29, 1.82) is 0 Å². The molecule has 0 spiro atoms. The van der Waals surface area contributed by atoms with Gasteiger partial charge in [0.05, 0.1) is 10.7 Å². The number of hydrogen-bond acceptors (Lipinski definition) is 4. The van der Waals surface area contributed by atoms with Crippen LogP contribution in [0.5, 0.6) is 0 Å². The van der Waals surface area contributed by atoms with E-state index in [-0.39, 0.29) is 11.6 Å². The van der Waals surface area contributed by atoms with Gasteiger partial charge in [0.2, 0.25) is 10.0 Å². The third kappa shape index (κ3) is 2.95. The van der Waals surface area contributed by atoms with Crippen LogP contribution in [0, 0.1) is 19.7 Å². The lowest BCUT2D eigenvalue weighted by molar-refractivity contribution is 0.390. The molecule has 0 radical (unpaired) electrons. The average Bonchev–Trinajstić information content (AvgIpc) is 2.70. The van der Waals surface area contributed by atoms with E-state index in [1.54, 1.807) is 13.8 Å². The molecule has 0 aliphatic heterocycles. The van der Waals surface area contributed by atoms with Crippen LogP contribution in [0.25, 0.3) is 0 Å². The zero-order valence-corrected chi connectivity index (χ0v) is 13.3. The highest BCUT2D eigenvalue weighted by Gasteiger charge is 2.28. The summed E-state index contributed by atoms with van der Waals surface area (Å²) in [5.41, 5.74) is 1.24. The van der Waals surface area contributed by atoms with Gasteiger partial charge in [0.15, 0.2) is 0 Å². The van der Waals surface area contributed by atoms with Gasteiger partial charge in [-0.25, -0.2) is 12.8 Å². The minimum atomic E-state index is -4.05. The minimum absolute atomic E-state index is 0.0220. The van der Waals surface area contributed by atoms with Gasteiger partial charge in [-0.2, -0.15) is 4.31 Å². The molecule has 1 aromatic heterocycles. The number of benzene rings is 1. The highest BCUT2D eigenvalue weighted by Crippen LogP contribution is 2.28. The van der Waals surface area contributed by atoms with Crippen molar-refractivity contribution in [2.45, 2.75) is 25.3 Å². The van der Waals surface area contributed by atoms with E-state index in [1.807, 2.05) is 0 Å². The number of hydrogen-bond donors (Lipinski definition) is 0. The molecule has 0 N–H and O–H groups in total. The molecule has 5 nitrogen and oxygen atoms in total. The van der Waals surface area contributed by atoms with E-state index >= 15 is 0 Å². The summed E-state index contributed by atoms with van der Waals surface area (Å²) in [5, 5.41) is 3.61. The van der Waals surface area contributed by atoms with Gasteiger partial charge < -0.3 is 4.52 Å². The van der Waals surface area contributed by atoms with Gasteiger partial charge in [-0.3, -0.25) is 0 Å². The Kier molecular flexibility index (Phi) is 4.36. The van der Waals surface area contributed by atoms with Crippen LogP contribution >= 0.6 is 11.6 Å². The highest BCUT2D eigenvalue weighted by molar-refractivity contribution is 7.89. The molecule has 0 saturated carbocycles. The quantitative estimate of drug-likeness (QED) is 0.863. The topological polar surface area (TPSA) is 63.4 Å². The molecule has 2 aromatic rings. The Labute approximate surface area is 127 Å². The fourth-order valence-electron chi connectivity index (χ4n) is 1.92. The summed E-state index contributed by atoms with van der Waals surface area (Å²) in [5.74, 6) is -0.359. The normalized spacial score (nSPS) is 12.1. The van der Waals surface area contributed by atoms with Crippen molar-refractivity contribution >= 4 is 21.6 Å². The standard InChI is InChI=1S/C13H14ClFN2O3S/c1-8-10(9(2)20-16-8)7-17(3)21(18,19)13-11(14)5-4-6-12(13)15/h4-6H,7H2,1-3H3. The second kappa shape index (κ2) is 5.75. The highest BCUT2D eigenvalue weighted by atomic mass is 35.5. The van der Waals surface area contributed by atoms with Crippen LogP contribution in [0.2, 0.25) is 5.02 Å². The number of rotatable bonds is 4. The molecule has 0 aliphatic carbocycles. The van der Waals surface area contributed by atoms with Gasteiger partial charge in [0.25, 0.3) is 0 Å². The predicted octanol–water partition coefficient (Wildman–Crippen LogP) is 2.90. The summed E-state index contributed by atoms with van der Waals surface area (Å²) in [6, 6.07) is 3.74. The lowest BCUT2D eigenvalue weighted by Crippen LogP contribution is -2.28. The van der Waals surface area contributed by atoms with Crippen LogP contribution in [-0.4, -0.2) is 24.9 Å². The Bertz CT molecular complexity index is 734. The van der Waals surface area contributed by atoms with Crippen molar-refractivity contribution in [3.8, 4) is 0 Å². The first-order chi connectivity index (χ1) is 9.75. The van der Waals surface area contributed by atoms with Crippen LogP contribution in [0.4, 0.5) is 4.39 Å². The lowest BCUT2D eigenvalue weighted by Gasteiger charge is -2.18. The number of aromatic nitrogens is 1. The fraction of sp³-hybridized carbons (Fsp3) is 0.308. The van der Waals surface area contributed by atoms with E-state index in [4.69, 9.17) is 16.1 Å². The van der Waals surface area contributed by atoms with E-state index in [2.05, 4.69) is 5.16 Å². The molecule has 114 valence electrons. The number of halogens is 2. The molecular weight excluding hydrogens is 319 g/mol. The first-order valence-electron chi connectivity index (χ1n) is 6.07. The van der Waals surface area contributed by atoms with Crippen LogP contribution < -0.4 is 0 Å². The average molecular weight is 333 g/mol. The molecule has 0 bridgehead atoms. The summed E-state index contributed by atoms with van der Waals surface area (Å²) < 4.78 is 44.8. The monoisotopic (exact) mass is 332 g/mol. The smallest absolute Gasteiger partial charge is 0.247 e. The van der Waals surface area contributed by atoms with Gasteiger partial charge in [-0.1, -0.05) is 22.8 Å². The van der Waals surface area contributed by atoms with Gasteiger partial charge in [-0.15, -0.1) is 0 Å². The van der Waals surface area contributed by atoms with Gasteiger partial charge in [0, 0.05) is 19.2 Å². The molecule has 8 heteroatoms. The van der Waals surface area contributed by atoms with Crippen molar-refractivity contribution in [3.05, 3.63) is 46.1 Å². The van der Waals surface area contributed by atoms with Crippen LogP contribution in [0.3, 0.4) is 0 Å². The third-order valence-corrected chi connectivity index (χ3v) is 5.46. The van der Waals surface area contributed by atoms with Crippen molar-refractivity contribution in [1.82, 2.24) is 9.46 Å². The largest absolute Gasteiger partial charge is 0.361 e. The second-order valence-corrected chi connectivity index (χ2v) is 7.00. The molecule has 2 rings (SSSR count). The first-order valence-corrected chi connectivity index (χ1v) is 7.89. The third-order valence-electron chi connectivity index (χ3n) is 3.15. The van der Waals surface area contributed by atoms with Gasteiger partial charge in [-0.05, 0) is 26.0 Å². The van der Waals surface area contributed by atoms with Crippen LogP contribution in [0.1, 0.15) is 17.0 Å². The summed E-state index contributed by atoms with van der Waals surface area (Å²) in [7, 11) is -2.70. The molecule has 1 aromatic carbocycles. The number of sulfonamides is 1. The molecule has 0 saturated heterocycles. The molecule has 1 heterocycles. The number of aryl methyl sites for hydroxylation is 2. The first kappa shape index (κ1) is 15.9. The van der Waals surface area contributed by atoms with Crippen molar-refractivity contribution in [3.63, 3.8) is 0 Å². The number of nitrogens with zero attached hydrogens (tertiary/aromatic N) is 2. The fourth-order valence-corrected chi connectivity index (χ4v) is 3.62. The van der Waals surface area contributed by atoms with Crippen LogP contribution in [0.15, 0.2) is 27.6 Å². The SMILES string of the molecule is Cc1noc(C)c1CN(C)S(=O)(=O)c1c(F)cccc1Cl. The summed E-state index contributed by atoms with van der Waals surface area (Å²) >= 11 is 5.83. The van der Waals surface area contributed by atoms with E-state index in [1.165, 1.54) is 19.2 Å². The molecule has 0 fully saturated rings. The summed E-state index contributed by atoms with van der Waals surface area (Å²) in [4.78, 5) is -0.527. The molecule has 0 aliphatic rings. The molecule has 0 amide bonds.